The largest absolute Gasteiger partial charge is 0.493 e. The van der Waals surface area contributed by atoms with Gasteiger partial charge in [0.05, 0.1) is 13.5 Å². The van der Waals surface area contributed by atoms with Crippen LogP contribution in [0.5, 0.6) is 11.5 Å². The molecule has 0 aromatic heterocycles. The lowest BCUT2D eigenvalue weighted by atomic mass is 10.1. The van der Waals surface area contributed by atoms with Crippen molar-refractivity contribution in [3.8, 4) is 11.5 Å². The monoisotopic (exact) mass is 331 g/mol. The van der Waals surface area contributed by atoms with Gasteiger partial charge in [0.15, 0.2) is 11.5 Å². The number of methoxy groups -OCH3 is 1. The van der Waals surface area contributed by atoms with Crippen molar-refractivity contribution in [2.75, 3.05) is 13.7 Å². The normalized spacial score (nSPS) is 10.7. The number of amides is 1. The third-order valence-corrected chi connectivity index (χ3v) is 3.08. The van der Waals surface area contributed by atoms with E-state index < -0.39 is 18.5 Å². The van der Waals surface area contributed by atoms with Crippen molar-refractivity contribution in [3.05, 3.63) is 23.8 Å². The first-order chi connectivity index (χ1) is 10.8. The molecule has 0 aliphatic heterocycles. The van der Waals surface area contributed by atoms with Crippen LogP contribution in [0.1, 0.15) is 30.6 Å². The molecule has 0 radical (unpaired) electrons. The van der Waals surface area contributed by atoms with Gasteiger partial charge in [-0.05, 0) is 32.0 Å². The molecule has 0 aliphatic rings. The molecule has 1 rings (SSSR count). The maximum Gasteiger partial charge on any atom is 0.387 e. The van der Waals surface area contributed by atoms with Gasteiger partial charge in [0.25, 0.3) is 5.91 Å². The summed E-state index contributed by atoms with van der Waals surface area (Å²) < 4.78 is 34.1. The molecule has 23 heavy (non-hydrogen) atoms. The zero-order valence-corrected chi connectivity index (χ0v) is 13.1. The topological polar surface area (TPSA) is 76.1 Å². The number of carboxylic acid groups (broad SMARTS) is 1. The maximum absolute atomic E-state index is 12.5. The molecule has 0 aliphatic carbocycles. The van der Waals surface area contributed by atoms with Crippen LogP contribution >= 0.6 is 0 Å². The molecule has 1 amide bonds. The van der Waals surface area contributed by atoms with Crippen molar-refractivity contribution in [1.29, 1.82) is 0 Å². The van der Waals surface area contributed by atoms with E-state index >= 15 is 0 Å². The van der Waals surface area contributed by atoms with Gasteiger partial charge in [0.1, 0.15) is 0 Å². The molecule has 0 fully saturated rings. The van der Waals surface area contributed by atoms with E-state index in [1.54, 1.807) is 13.8 Å². The van der Waals surface area contributed by atoms with Crippen LogP contribution in [0.3, 0.4) is 0 Å². The number of benzene rings is 1. The summed E-state index contributed by atoms with van der Waals surface area (Å²) >= 11 is 0. The number of hydrogen-bond donors (Lipinski definition) is 1. The van der Waals surface area contributed by atoms with Crippen LogP contribution < -0.4 is 9.47 Å². The number of carbonyl (C=O) groups is 2. The van der Waals surface area contributed by atoms with Crippen molar-refractivity contribution in [2.45, 2.75) is 32.9 Å². The van der Waals surface area contributed by atoms with Gasteiger partial charge in [-0.25, -0.2) is 0 Å². The summed E-state index contributed by atoms with van der Waals surface area (Å²) in [6.45, 7) is 0.435. The second kappa shape index (κ2) is 8.30. The lowest BCUT2D eigenvalue weighted by Crippen LogP contribution is -2.38. The lowest BCUT2D eigenvalue weighted by molar-refractivity contribution is -0.137. The summed E-state index contributed by atoms with van der Waals surface area (Å²) in [5, 5.41) is 8.75. The van der Waals surface area contributed by atoms with Crippen molar-refractivity contribution in [1.82, 2.24) is 4.90 Å². The fourth-order valence-corrected chi connectivity index (χ4v) is 1.97. The Balaban J connectivity index is 3.06. The van der Waals surface area contributed by atoms with Crippen LogP contribution in [0.25, 0.3) is 0 Å². The first-order valence-electron chi connectivity index (χ1n) is 6.91. The number of hydrogen-bond acceptors (Lipinski definition) is 4. The highest BCUT2D eigenvalue weighted by Gasteiger charge is 2.21. The highest BCUT2D eigenvalue weighted by Crippen LogP contribution is 2.30. The van der Waals surface area contributed by atoms with Gasteiger partial charge < -0.3 is 19.5 Å². The van der Waals surface area contributed by atoms with E-state index in [1.807, 2.05) is 0 Å². The van der Waals surface area contributed by atoms with E-state index in [0.29, 0.717) is 0 Å². The maximum atomic E-state index is 12.5. The summed E-state index contributed by atoms with van der Waals surface area (Å²) in [4.78, 5) is 24.5. The van der Waals surface area contributed by atoms with Gasteiger partial charge >= 0.3 is 12.6 Å². The lowest BCUT2D eigenvalue weighted by Gasteiger charge is -2.26. The smallest absolute Gasteiger partial charge is 0.387 e. The Labute approximate surface area is 132 Å². The molecule has 128 valence electrons. The van der Waals surface area contributed by atoms with Gasteiger partial charge in [0.2, 0.25) is 0 Å². The number of ether oxygens (including phenoxy) is 2. The van der Waals surface area contributed by atoms with E-state index in [0.717, 1.165) is 6.07 Å². The summed E-state index contributed by atoms with van der Waals surface area (Å²) in [7, 11) is 1.29. The fourth-order valence-electron chi connectivity index (χ4n) is 1.97. The van der Waals surface area contributed by atoms with Crippen LogP contribution in [-0.2, 0) is 4.79 Å². The predicted molar refractivity (Wildman–Crippen MR) is 78.1 cm³/mol. The number of alkyl halides is 2. The van der Waals surface area contributed by atoms with E-state index in [-0.39, 0.29) is 36.1 Å². The Morgan fingerprint density at radius 2 is 1.91 bits per heavy atom. The van der Waals surface area contributed by atoms with E-state index in [4.69, 9.17) is 9.84 Å². The summed E-state index contributed by atoms with van der Waals surface area (Å²) in [5.74, 6) is -1.68. The summed E-state index contributed by atoms with van der Waals surface area (Å²) in [6, 6.07) is 3.67. The molecule has 6 nitrogen and oxygen atoms in total. The number of aliphatic carboxylic acids is 1. The highest BCUT2D eigenvalue weighted by molar-refractivity contribution is 5.95. The van der Waals surface area contributed by atoms with Gasteiger partial charge in [-0.2, -0.15) is 8.78 Å². The SMILES string of the molecule is COc1ccc(C(=O)N(CCC(=O)O)C(C)C)cc1OC(F)F. The minimum absolute atomic E-state index is 0.0168. The molecule has 0 heterocycles. The van der Waals surface area contributed by atoms with E-state index in [2.05, 4.69) is 4.74 Å². The van der Waals surface area contributed by atoms with Crippen molar-refractivity contribution in [2.24, 2.45) is 0 Å². The zero-order valence-electron chi connectivity index (χ0n) is 13.1. The number of carboxylic acids is 1. The Morgan fingerprint density at radius 3 is 2.39 bits per heavy atom. The Morgan fingerprint density at radius 1 is 1.26 bits per heavy atom. The van der Waals surface area contributed by atoms with E-state index in [9.17, 15) is 18.4 Å². The third kappa shape index (κ3) is 5.39. The van der Waals surface area contributed by atoms with Crippen LogP contribution in [0.2, 0.25) is 0 Å². The molecule has 1 aromatic rings. The van der Waals surface area contributed by atoms with Crippen LogP contribution in [-0.4, -0.2) is 48.2 Å². The van der Waals surface area contributed by atoms with Crippen LogP contribution in [0.4, 0.5) is 8.78 Å². The number of nitrogens with zero attached hydrogens (tertiary/aromatic N) is 1. The van der Waals surface area contributed by atoms with Crippen LogP contribution in [0.15, 0.2) is 18.2 Å². The van der Waals surface area contributed by atoms with Gasteiger partial charge in [-0.3, -0.25) is 9.59 Å². The van der Waals surface area contributed by atoms with Crippen LogP contribution in [0, 0.1) is 0 Å². The summed E-state index contributed by atoms with van der Waals surface area (Å²) in [6.07, 6.45) is -0.208. The molecule has 0 bridgehead atoms. The highest BCUT2D eigenvalue weighted by atomic mass is 19.3. The quantitative estimate of drug-likeness (QED) is 0.792. The zero-order chi connectivity index (χ0) is 17.6. The minimum atomic E-state index is -3.05. The van der Waals surface area contributed by atoms with Gasteiger partial charge in [0, 0.05) is 18.2 Å². The van der Waals surface area contributed by atoms with Crippen molar-refractivity contribution in [3.63, 3.8) is 0 Å². The minimum Gasteiger partial charge on any atom is -0.493 e. The second-order valence-corrected chi connectivity index (χ2v) is 4.98. The number of halogens is 2. The molecule has 0 saturated carbocycles. The molecule has 0 atom stereocenters. The fraction of sp³-hybridized carbons (Fsp3) is 0.467. The molecule has 0 unspecified atom stereocenters. The van der Waals surface area contributed by atoms with E-state index in [1.165, 1.54) is 24.1 Å². The Kier molecular flexibility index (Phi) is 6.74. The third-order valence-electron chi connectivity index (χ3n) is 3.08. The average molecular weight is 331 g/mol. The van der Waals surface area contributed by atoms with Crippen molar-refractivity contribution >= 4 is 11.9 Å². The first-order valence-corrected chi connectivity index (χ1v) is 6.91. The second-order valence-electron chi connectivity index (χ2n) is 4.98. The average Bonchev–Trinajstić information content (AvgIpc) is 2.45. The Bertz CT molecular complexity index is 563. The molecule has 1 aromatic carbocycles. The van der Waals surface area contributed by atoms with Crippen molar-refractivity contribution < 1.29 is 33.0 Å². The van der Waals surface area contributed by atoms with Gasteiger partial charge in [-0.15, -0.1) is 0 Å². The predicted octanol–water partition coefficient (Wildman–Crippen LogP) is 2.62. The molecule has 0 saturated heterocycles. The Hall–Kier alpha value is -2.38. The molecular weight excluding hydrogens is 312 g/mol. The molecular formula is C15H19F2NO5. The number of carbonyl (C=O) groups excluding carboxylic acids is 1. The van der Waals surface area contributed by atoms with Gasteiger partial charge in [-0.1, -0.05) is 0 Å². The first kappa shape index (κ1) is 18.7. The number of rotatable bonds is 8. The molecule has 8 heteroatoms. The summed E-state index contributed by atoms with van der Waals surface area (Å²) in [5.41, 5.74) is 0.112. The standard InChI is InChI=1S/C15H19F2NO5/c1-9(2)18(7-6-13(19)20)14(21)10-4-5-11(22-3)12(8-10)23-15(16)17/h4-5,8-9,15H,6-7H2,1-3H3,(H,19,20). The molecule has 0 spiro atoms. The molecule has 1 N–H and O–H groups in total.